The third-order valence-electron chi connectivity index (χ3n) is 3.21. The summed E-state index contributed by atoms with van der Waals surface area (Å²) in [6.07, 6.45) is 1.08. The van der Waals surface area contributed by atoms with Crippen LogP contribution in [0.3, 0.4) is 0 Å². The van der Waals surface area contributed by atoms with Gasteiger partial charge in [-0.25, -0.2) is 0 Å². The number of benzene rings is 1. The Morgan fingerprint density at radius 3 is 2.47 bits per heavy atom. The molecule has 3 N–H and O–H groups in total. The maximum absolute atomic E-state index is 6.17. The van der Waals surface area contributed by atoms with Crippen LogP contribution in [-0.2, 0) is 0 Å². The number of nitrogens with one attached hydrogen (secondary N) is 1. The van der Waals surface area contributed by atoms with Crippen molar-refractivity contribution in [3.63, 3.8) is 0 Å². The first-order valence-electron chi connectivity index (χ1n) is 5.71. The molecule has 1 aliphatic heterocycles. The average Bonchev–Trinajstić information content (AvgIpc) is 2.16. The first kappa shape index (κ1) is 10.7. The molecule has 1 aromatic rings. The van der Waals surface area contributed by atoms with E-state index >= 15 is 0 Å². The summed E-state index contributed by atoms with van der Waals surface area (Å²) in [5.74, 6) is 0.484. The highest BCUT2D eigenvalue weighted by atomic mass is 14.9. The maximum atomic E-state index is 6.17. The van der Waals surface area contributed by atoms with Gasteiger partial charge in [0.1, 0.15) is 0 Å². The summed E-state index contributed by atoms with van der Waals surface area (Å²) in [7, 11) is 0. The molecular formula is C13H20N2. The number of hydrogen-bond acceptors (Lipinski definition) is 2. The van der Waals surface area contributed by atoms with Crippen molar-refractivity contribution in [3.05, 3.63) is 34.9 Å². The fourth-order valence-corrected chi connectivity index (χ4v) is 2.47. The van der Waals surface area contributed by atoms with E-state index in [0.29, 0.717) is 12.0 Å². The van der Waals surface area contributed by atoms with Gasteiger partial charge in [-0.2, -0.15) is 0 Å². The van der Waals surface area contributed by atoms with Crippen LogP contribution in [0.4, 0.5) is 0 Å². The van der Waals surface area contributed by atoms with Gasteiger partial charge in [0.15, 0.2) is 0 Å². The van der Waals surface area contributed by atoms with Gasteiger partial charge in [0.25, 0.3) is 0 Å². The van der Waals surface area contributed by atoms with Gasteiger partial charge in [-0.3, -0.25) is 0 Å². The summed E-state index contributed by atoms with van der Waals surface area (Å²) >= 11 is 0. The molecule has 0 saturated carbocycles. The lowest BCUT2D eigenvalue weighted by Gasteiger charge is -2.30. The van der Waals surface area contributed by atoms with Gasteiger partial charge in [-0.05, 0) is 32.4 Å². The van der Waals surface area contributed by atoms with E-state index in [2.05, 4.69) is 37.4 Å². The van der Waals surface area contributed by atoms with Crippen LogP contribution >= 0.6 is 0 Å². The molecule has 2 unspecified atom stereocenters. The summed E-state index contributed by atoms with van der Waals surface area (Å²) in [5, 5.41) is 3.42. The minimum atomic E-state index is 0.312. The van der Waals surface area contributed by atoms with Crippen LogP contribution in [0, 0.1) is 13.8 Å². The van der Waals surface area contributed by atoms with Gasteiger partial charge in [-0.1, -0.05) is 29.3 Å². The largest absolute Gasteiger partial charge is 0.327 e. The second-order valence-corrected chi connectivity index (χ2v) is 4.68. The van der Waals surface area contributed by atoms with Crippen molar-refractivity contribution in [3.8, 4) is 0 Å². The van der Waals surface area contributed by atoms with Gasteiger partial charge in [0.2, 0.25) is 0 Å². The molecule has 0 amide bonds. The SMILES string of the molecule is Cc1cc(C)cc(C2CNCCC2N)c1. The van der Waals surface area contributed by atoms with Crippen LogP contribution in [0.5, 0.6) is 0 Å². The van der Waals surface area contributed by atoms with E-state index in [1.807, 2.05) is 0 Å². The fourth-order valence-electron chi connectivity index (χ4n) is 2.47. The Hall–Kier alpha value is -0.860. The Kier molecular flexibility index (Phi) is 3.08. The van der Waals surface area contributed by atoms with E-state index in [9.17, 15) is 0 Å². The van der Waals surface area contributed by atoms with E-state index in [1.165, 1.54) is 16.7 Å². The zero-order valence-electron chi connectivity index (χ0n) is 9.59. The molecule has 1 heterocycles. The number of hydrogen-bond donors (Lipinski definition) is 2. The lowest BCUT2D eigenvalue weighted by molar-refractivity contribution is 0.403. The molecule has 0 spiro atoms. The van der Waals surface area contributed by atoms with E-state index in [1.54, 1.807) is 0 Å². The molecule has 2 rings (SSSR count). The summed E-state index contributed by atoms with van der Waals surface area (Å²) < 4.78 is 0. The monoisotopic (exact) mass is 204 g/mol. The Morgan fingerprint density at radius 2 is 1.87 bits per heavy atom. The number of rotatable bonds is 1. The van der Waals surface area contributed by atoms with E-state index in [-0.39, 0.29) is 0 Å². The van der Waals surface area contributed by atoms with Gasteiger partial charge >= 0.3 is 0 Å². The molecule has 82 valence electrons. The van der Waals surface area contributed by atoms with Crippen LogP contribution in [0.1, 0.15) is 29.0 Å². The molecule has 0 aliphatic carbocycles. The molecule has 1 fully saturated rings. The average molecular weight is 204 g/mol. The Balaban J connectivity index is 2.27. The number of nitrogens with two attached hydrogens (primary N) is 1. The highest BCUT2D eigenvalue weighted by molar-refractivity contribution is 5.32. The lowest BCUT2D eigenvalue weighted by Crippen LogP contribution is -2.43. The maximum Gasteiger partial charge on any atom is 0.0132 e. The normalized spacial score (nSPS) is 26.6. The smallest absolute Gasteiger partial charge is 0.0132 e. The molecule has 1 aliphatic rings. The second kappa shape index (κ2) is 4.33. The molecule has 0 radical (unpaired) electrons. The summed E-state index contributed by atoms with van der Waals surface area (Å²) in [4.78, 5) is 0. The highest BCUT2D eigenvalue weighted by Crippen LogP contribution is 2.24. The van der Waals surface area contributed by atoms with Crippen LogP contribution < -0.4 is 11.1 Å². The predicted octanol–water partition coefficient (Wildman–Crippen LogP) is 1.71. The molecule has 0 bridgehead atoms. The molecule has 0 aromatic heterocycles. The molecule has 1 saturated heterocycles. The van der Waals surface area contributed by atoms with Gasteiger partial charge in [0, 0.05) is 18.5 Å². The van der Waals surface area contributed by atoms with E-state index < -0.39 is 0 Å². The third-order valence-corrected chi connectivity index (χ3v) is 3.21. The zero-order valence-corrected chi connectivity index (χ0v) is 9.59. The van der Waals surface area contributed by atoms with Gasteiger partial charge in [-0.15, -0.1) is 0 Å². The Labute approximate surface area is 91.9 Å². The molecule has 2 nitrogen and oxygen atoms in total. The fraction of sp³-hybridized carbons (Fsp3) is 0.538. The van der Waals surface area contributed by atoms with Crippen molar-refractivity contribution >= 4 is 0 Å². The minimum Gasteiger partial charge on any atom is -0.327 e. The van der Waals surface area contributed by atoms with Gasteiger partial charge < -0.3 is 11.1 Å². The Morgan fingerprint density at radius 1 is 1.20 bits per heavy atom. The minimum absolute atomic E-state index is 0.312. The van der Waals surface area contributed by atoms with Crippen LogP contribution in [0.25, 0.3) is 0 Å². The summed E-state index contributed by atoms with van der Waals surface area (Å²) in [5.41, 5.74) is 10.2. The van der Waals surface area contributed by atoms with E-state index in [4.69, 9.17) is 5.73 Å². The predicted molar refractivity (Wildman–Crippen MR) is 64.1 cm³/mol. The van der Waals surface area contributed by atoms with E-state index in [0.717, 1.165) is 19.5 Å². The Bertz CT molecular complexity index is 326. The molecule has 15 heavy (non-hydrogen) atoms. The van der Waals surface area contributed by atoms with Gasteiger partial charge in [0.05, 0.1) is 0 Å². The number of piperidine rings is 1. The van der Waals surface area contributed by atoms with Crippen molar-refractivity contribution in [1.82, 2.24) is 5.32 Å². The van der Waals surface area contributed by atoms with Crippen molar-refractivity contribution in [2.24, 2.45) is 5.73 Å². The van der Waals surface area contributed by atoms with Crippen LogP contribution in [-0.4, -0.2) is 19.1 Å². The summed E-state index contributed by atoms with van der Waals surface area (Å²) in [6.45, 7) is 6.38. The van der Waals surface area contributed by atoms with Crippen LogP contribution in [0.15, 0.2) is 18.2 Å². The second-order valence-electron chi connectivity index (χ2n) is 4.68. The number of aryl methyl sites for hydroxylation is 2. The third kappa shape index (κ3) is 2.39. The summed E-state index contributed by atoms with van der Waals surface area (Å²) in [6, 6.07) is 7.06. The molecule has 2 atom stereocenters. The first-order chi connectivity index (χ1) is 7.16. The van der Waals surface area contributed by atoms with Crippen molar-refractivity contribution in [1.29, 1.82) is 0 Å². The topological polar surface area (TPSA) is 38.0 Å². The van der Waals surface area contributed by atoms with Crippen molar-refractivity contribution in [2.75, 3.05) is 13.1 Å². The lowest BCUT2D eigenvalue weighted by atomic mass is 9.86. The first-order valence-corrected chi connectivity index (χ1v) is 5.71. The van der Waals surface area contributed by atoms with Crippen molar-refractivity contribution < 1.29 is 0 Å². The van der Waals surface area contributed by atoms with Crippen LogP contribution in [0.2, 0.25) is 0 Å². The quantitative estimate of drug-likeness (QED) is 0.731. The zero-order chi connectivity index (χ0) is 10.8. The standard InChI is InChI=1S/C13H20N2/c1-9-5-10(2)7-11(6-9)12-8-15-4-3-13(12)14/h5-7,12-13,15H,3-4,8,14H2,1-2H3. The van der Waals surface area contributed by atoms with Crippen molar-refractivity contribution in [2.45, 2.75) is 32.2 Å². The molecular weight excluding hydrogens is 184 g/mol. The molecule has 2 heteroatoms. The molecule has 1 aromatic carbocycles. The highest BCUT2D eigenvalue weighted by Gasteiger charge is 2.23.